The van der Waals surface area contributed by atoms with Gasteiger partial charge in [-0.05, 0) is 30.2 Å². The van der Waals surface area contributed by atoms with Crippen molar-refractivity contribution in [2.45, 2.75) is 31.6 Å². The van der Waals surface area contributed by atoms with E-state index < -0.39 is 10.0 Å². The zero-order valence-electron chi connectivity index (χ0n) is 11.1. The summed E-state index contributed by atoms with van der Waals surface area (Å²) in [6, 6.07) is 1.25. The quantitative estimate of drug-likeness (QED) is 0.746. The van der Waals surface area contributed by atoms with Gasteiger partial charge >= 0.3 is 0 Å². The molecule has 7 heteroatoms. The van der Waals surface area contributed by atoms with Crippen LogP contribution in [0.1, 0.15) is 37.2 Å². The zero-order chi connectivity index (χ0) is 14.3. The summed E-state index contributed by atoms with van der Waals surface area (Å²) in [6.45, 7) is 4.91. The minimum atomic E-state index is -3.77. The van der Waals surface area contributed by atoms with E-state index in [0.717, 1.165) is 12.8 Å². The molecule has 0 aliphatic heterocycles. The third-order valence-electron chi connectivity index (χ3n) is 3.95. The second-order valence-electron chi connectivity index (χ2n) is 5.49. The van der Waals surface area contributed by atoms with E-state index in [2.05, 4.69) is 24.1 Å². The van der Waals surface area contributed by atoms with Crippen LogP contribution in [0.15, 0.2) is 17.2 Å². The molecule has 0 unspecified atom stereocenters. The normalized spacial score (nSPS) is 17.5. The number of nitrogens with two attached hydrogens (primary N) is 1. The van der Waals surface area contributed by atoms with Crippen molar-refractivity contribution in [2.24, 2.45) is 16.5 Å². The molecular weight excluding hydrogens is 266 g/mol. The molecule has 1 aromatic heterocycles. The Kier molecular flexibility index (Phi) is 3.44. The van der Waals surface area contributed by atoms with Crippen molar-refractivity contribution in [1.29, 1.82) is 0 Å². The van der Waals surface area contributed by atoms with Crippen LogP contribution < -0.4 is 10.5 Å². The van der Waals surface area contributed by atoms with Crippen molar-refractivity contribution in [3.8, 4) is 0 Å². The highest BCUT2D eigenvalue weighted by molar-refractivity contribution is 7.89. The molecule has 2 rings (SSSR count). The van der Waals surface area contributed by atoms with E-state index in [4.69, 9.17) is 5.14 Å². The van der Waals surface area contributed by atoms with Crippen LogP contribution in [0.2, 0.25) is 0 Å². The van der Waals surface area contributed by atoms with Gasteiger partial charge in [0.1, 0.15) is 5.69 Å². The summed E-state index contributed by atoms with van der Waals surface area (Å²) in [6.07, 6.45) is 3.47. The van der Waals surface area contributed by atoms with Gasteiger partial charge < -0.3 is 10.3 Å². The number of nitrogens with one attached hydrogen (secondary N) is 2. The lowest BCUT2D eigenvalue weighted by Gasteiger charge is -2.19. The lowest BCUT2D eigenvalue weighted by Crippen LogP contribution is -2.32. The van der Waals surface area contributed by atoms with Crippen LogP contribution in [0.3, 0.4) is 0 Å². The molecule has 1 heterocycles. The molecule has 1 aliphatic rings. The van der Waals surface area contributed by atoms with Crippen LogP contribution in [0, 0.1) is 11.3 Å². The van der Waals surface area contributed by atoms with Crippen LogP contribution in [-0.4, -0.2) is 25.9 Å². The first-order valence-corrected chi connectivity index (χ1v) is 7.79. The molecule has 1 amide bonds. The standard InChI is InChI=1S/C12H19N3O3S/c1-8(2)12(3-4-12)7-15-11(16)10-5-9(6-14-10)19(13,17)18/h5-6,8,14H,3-4,7H2,1-2H3,(H,15,16)(H2,13,17,18). The smallest absolute Gasteiger partial charge is 0.267 e. The number of hydrogen-bond acceptors (Lipinski definition) is 3. The first-order chi connectivity index (χ1) is 8.74. The number of rotatable bonds is 5. The lowest BCUT2D eigenvalue weighted by atomic mass is 9.92. The third kappa shape index (κ3) is 2.98. The largest absolute Gasteiger partial charge is 0.356 e. The first-order valence-electron chi connectivity index (χ1n) is 6.24. The Balaban J connectivity index is 1.99. The maximum atomic E-state index is 11.9. The Hall–Kier alpha value is -1.34. The van der Waals surface area contributed by atoms with Gasteiger partial charge in [0.05, 0.1) is 4.90 Å². The molecule has 0 bridgehead atoms. The molecule has 0 radical (unpaired) electrons. The number of amides is 1. The molecule has 0 atom stereocenters. The number of carbonyl (C=O) groups excluding carboxylic acids is 1. The number of aromatic nitrogens is 1. The van der Waals surface area contributed by atoms with E-state index in [-0.39, 0.29) is 21.9 Å². The predicted octanol–water partition coefficient (Wildman–Crippen LogP) is 0.828. The maximum Gasteiger partial charge on any atom is 0.267 e. The number of primary sulfonamides is 1. The average Bonchev–Trinajstić information content (AvgIpc) is 2.92. The minimum Gasteiger partial charge on any atom is -0.356 e. The number of carbonyl (C=O) groups is 1. The Morgan fingerprint density at radius 1 is 1.53 bits per heavy atom. The average molecular weight is 285 g/mol. The fraction of sp³-hybridized carbons (Fsp3) is 0.583. The highest BCUT2D eigenvalue weighted by Crippen LogP contribution is 2.51. The number of H-pyrrole nitrogens is 1. The summed E-state index contributed by atoms with van der Waals surface area (Å²) in [5.74, 6) is 0.221. The second-order valence-corrected chi connectivity index (χ2v) is 7.06. The van der Waals surface area contributed by atoms with E-state index in [0.29, 0.717) is 12.5 Å². The summed E-state index contributed by atoms with van der Waals surface area (Å²) < 4.78 is 22.2. The van der Waals surface area contributed by atoms with E-state index in [9.17, 15) is 13.2 Å². The van der Waals surface area contributed by atoms with Crippen molar-refractivity contribution in [2.75, 3.05) is 6.54 Å². The molecule has 6 nitrogen and oxygen atoms in total. The Morgan fingerprint density at radius 2 is 2.16 bits per heavy atom. The topological polar surface area (TPSA) is 105 Å². The van der Waals surface area contributed by atoms with Gasteiger partial charge in [0, 0.05) is 12.7 Å². The highest BCUT2D eigenvalue weighted by atomic mass is 32.2. The van der Waals surface area contributed by atoms with E-state index in [1.54, 1.807) is 0 Å². The fourth-order valence-corrected chi connectivity index (χ4v) is 2.65. The monoisotopic (exact) mass is 285 g/mol. The summed E-state index contributed by atoms with van der Waals surface area (Å²) in [7, 11) is -3.77. The Morgan fingerprint density at radius 3 is 2.58 bits per heavy atom. The fourth-order valence-electron chi connectivity index (χ4n) is 2.14. The molecule has 1 saturated carbocycles. The predicted molar refractivity (Wildman–Crippen MR) is 71.0 cm³/mol. The van der Waals surface area contributed by atoms with Crippen LogP contribution in [0.5, 0.6) is 0 Å². The van der Waals surface area contributed by atoms with Crippen molar-refractivity contribution in [3.63, 3.8) is 0 Å². The molecule has 4 N–H and O–H groups in total. The van der Waals surface area contributed by atoms with Crippen molar-refractivity contribution < 1.29 is 13.2 Å². The van der Waals surface area contributed by atoms with Gasteiger partial charge in [0.15, 0.2) is 0 Å². The second kappa shape index (κ2) is 4.64. The van der Waals surface area contributed by atoms with Gasteiger partial charge in [0.25, 0.3) is 5.91 Å². The van der Waals surface area contributed by atoms with Gasteiger partial charge in [0.2, 0.25) is 10.0 Å². The van der Waals surface area contributed by atoms with Crippen LogP contribution in [0.25, 0.3) is 0 Å². The molecule has 106 valence electrons. The SMILES string of the molecule is CC(C)C1(CNC(=O)c2cc(S(N)(=O)=O)c[nH]2)CC1. The van der Waals surface area contributed by atoms with Crippen molar-refractivity contribution >= 4 is 15.9 Å². The number of hydrogen-bond donors (Lipinski definition) is 3. The van der Waals surface area contributed by atoms with Crippen LogP contribution >= 0.6 is 0 Å². The van der Waals surface area contributed by atoms with Crippen molar-refractivity contribution in [3.05, 3.63) is 18.0 Å². The number of aromatic amines is 1. The summed E-state index contributed by atoms with van der Waals surface area (Å²) >= 11 is 0. The highest BCUT2D eigenvalue weighted by Gasteiger charge is 2.45. The molecule has 0 saturated heterocycles. The lowest BCUT2D eigenvalue weighted by molar-refractivity contribution is 0.0935. The molecule has 1 fully saturated rings. The van der Waals surface area contributed by atoms with Gasteiger partial charge in [-0.15, -0.1) is 0 Å². The van der Waals surface area contributed by atoms with E-state index >= 15 is 0 Å². The molecule has 1 aromatic rings. The van der Waals surface area contributed by atoms with Crippen molar-refractivity contribution in [1.82, 2.24) is 10.3 Å². The van der Waals surface area contributed by atoms with Gasteiger partial charge in [-0.25, -0.2) is 13.6 Å². The molecule has 0 aromatic carbocycles. The van der Waals surface area contributed by atoms with Crippen LogP contribution in [-0.2, 0) is 10.0 Å². The van der Waals surface area contributed by atoms with Gasteiger partial charge in [-0.2, -0.15) is 0 Å². The summed E-state index contributed by atoms with van der Waals surface area (Å²) in [5.41, 5.74) is 0.425. The minimum absolute atomic E-state index is 0.0809. The van der Waals surface area contributed by atoms with Crippen LogP contribution in [0.4, 0.5) is 0 Å². The maximum absolute atomic E-state index is 11.9. The van der Waals surface area contributed by atoms with Gasteiger partial charge in [-0.1, -0.05) is 13.8 Å². The summed E-state index contributed by atoms with van der Waals surface area (Å²) in [5, 5.41) is 7.83. The molecule has 1 aliphatic carbocycles. The first kappa shape index (κ1) is 14.1. The van der Waals surface area contributed by atoms with E-state index in [1.807, 2.05) is 0 Å². The Bertz CT molecular complexity index is 585. The Labute approximate surface area is 112 Å². The van der Waals surface area contributed by atoms with Gasteiger partial charge in [-0.3, -0.25) is 4.79 Å². The number of sulfonamides is 1. The molecule has 19 heavy (non-hydrogen) atoms. The summed E-state index contributed by atoms with van der Waals surface area (Å²) in [4.78, 5) is 14.4. The third-order valence-corrected chi connectivity index (χ3v) is 4.84. The zero-order valence-corrected chi connectivity index (χ0v) is 11.9. The molecule has 0 spiro atoms. The molecular formula is C12H19N3O3S. The van der Waals surface area contributed by atoms with E-state index in [1.165, 1.54) is 12.3 Å².